The van der Waals surface area contributed by atoms with E-state index in [0.717, 1.165) is 0 Å². The van der Waals surface area contributed by atoms with Crippen molar-refractivity contribution in [3.63, 3.8) is 0 Å². The normalized spacial score (nSPS) is 11.5. The minimum absolute atomic E-state index is 0.0861. The molecule has 6 nitrogen and oxygen atoms in total. The highest BCUT2D eigenvalue weighted by Crippen LogP contribution is 2.35. The fourth-order valence-corrected chi connectivity index (χ4v) is 2.80. The summed E-state index contributed by atoms with van der Waals surface area (Å²) in [6.45, 7) is 1.73. The first kappa shape index (κ1) is 14.3. The van der Waals surface area contributed by atoms with Crippen LogP contribution in [0.15, 0.2) is 35.2 Å². The average Bonchev–Trinajstić information content (AvgIpc) is 2.37. The van der Waals surface area contributed by atoms with Crippen molar-refractivity contribution in [3.8, 4) is 5.75 Å². The smallest absolute Gasteiger partial charge is 0.449 e. The molecule has 0 aromatic heterocycles. The number of rotatable bonds is 3. The number of carbonyl (C=O) groups is 1. The maximum absolute atomic E-state index is 11.4. The van der Waals surface area contributed by atoms with E-state index in [1.807, 2.05) is 0 Å². The fraction of sp³-hybridized carbons (Fsp3) is 0.154. The summed E-state index contributed by atoms with van der Waals surface area (Å²) >= 11 is 0. The van der Waals surface area contributed by atoms with Gasteiger partial charge in [-0.25, -0.2) is 4.79 Å². The Bertz CT molecular complexity index is 779. The van der Waals surface area contributed by atoms with Gasteiger partial charge in [0.05, 0.1) is 0 Å². The van der Waals surface area contributed by atoms with Gasteiger partial charge in [-0.05, 0) is 18.1 Å². The van der Waals surface area contributed by atoms with Gasteiger partial charge < -0.3 is 9.84 Å². The van der Waals surface area contributed by atoms with Crippen LogP contribution in [0.1, 0.15) is 12.5 Å². The van der Waals surface area contributed by atoms with Gasteiger partial charge in [-0.1, -0.05) is 31.2 Å². The van der Waals surface area contributed by atoms with Crippen molar-refractivity contribution < 1.29 is 27.6 Å². The lowest BCUT2D eigenvalue weighted by Crippen LogP contribution is -2.08. The zero-order valence-corrected chi connectivity index (χ0v) is 11.3. The van der Waals surface area contributed by atoms with Crippen molar-refractivity contribution in [3.05, 3.63) is 35.9 Å². The first-order chi connectivity index (χ1) is 9.34. The number of fused-ring (bicyclic) bond motifs is 1. The molecular formula is C13H12O6S. The molecule has 0 bridgehead atoms. The molecule has 0 saturated heterocycles. The summed E-state index contributed by atoms with van der Waals surface area (Å²) in [6.07, 6.45) is -1.12. The van der Waals surface area contributed by atoms with Crippen LogP contribution in [0.4, 0.5) is 4.79 Å². The van der Waals surface area contributed by atoms with Crippen LogP contribution >= 0.6 is 0 Å². The van der Waals surface area contributed by atoms with Crippen LogP contribution in [0, 0.1) is 0 Å². The lowest BCUT2D eigenvalue weighted by atomic mass is 10.0. The maximum atomic E-state index is 11.4. The van der Waals surface area contributed by atoms with E-state index in [1.54, 1.807) is 25.1 Å². The van der Waals surface area contributed by atoms with Crippen LogP contribution in [-0.2, 0) is 16.5 Å². The van der Waals surface area contributed by atoms with Gasteiger partial charge in [0.1, 0.15) is 10.6 Å². The molecule has 0 unspecified atom stereocenters. The summed E-state index contributed by atoms with van der Waals surface area (Å²) in [7, 11) is -4.41. The predicted octanol–water partition coefficient (Wildman–Crippen LogP) is 2.71. The largest absolute Gasteiger partial charge is 0.511 e. The SMILES string of the molecule is CCc1cc(S(=O)(=O)O)c2ccccc2c1OC(=O)O. The van der Waals surface area contributed by atoms with Crippen molar-refractivity contribution in [1.82, 2.24) is 0 Å². The molecule has 0 aliphatic rings. The Balaban J connectivity index is 2.91. The van der Waals surface area contributed by atoms with Gasteiger partial charge in [-0.15, -0.1) is 0 Å². The van der Waals surface area contributed by atoms with Crippen molar-refractivity contribution in [2.24, 2.45) is 0 Å². The van der Waals surface area contributed by atoms with Gasteiger partial charge in [-0.2, -0.15) is 8.42 Å². The first-order valence-corrected chi connectivity index (χ1v) is 7.21. The van der Waals surface area contributed by atoms with Gasteiger partial charge in [0, 0.05) is 10.8 Å². The van der Waals surface area contributed by atoms with Gasteiger partial charge in [0.2, 0.25) is 0 Å². The van der Waals surface area contributed by atoms with E-state index in [1.165, 1.54) is 12.1 Å². The molecule has 106 valence electrons. The molecule has 0 radical (unpaired) electrons. The summed E-state index contributed by atoms with van der Waals surface area (Å²) < 4.78 is 36.9. The third-order valence-corrected chi connectivity index (χ3v) is 3.78. The van der Waals surface area contributed by atoms with Crippen molar-refractivity contribution in [2.75, 3.05) is 0 Å². The highest BCUT2D eigenvalue weighted by Gasteiger charge is 2.20. The molecule has 0 atom stereocenters. The molecule has 0 amide bonds. The van der Waals surface area contributed by atoms with E-state index in [0.29, 0.717) is 17.4 Å². The van der Waals surface area contributed by atoms with E-state index in [4.69, 9.17) is 9.84 Å². The van der Waals surface area contributed by atoms with Crippen LogP contribution < -0.4 is 4.74 Å². The Morgan fingerprint density at radius 3 is 2.35 bits per heavy atom. The van der Waals surface area contributed by atoms with Crippen LogP contribution in [0.5, 0.6) is 5.75 Å². The molecule has 2 aromatic carbocycles. The Labute approximate surface area is 115 Å². The van der Waals surface area contributed by atoms with Gasteiger partial charge >= 0.3 is 6.16 Å². The van der Waals surface area contributed by atoms with E-state index in [-0.39, 0.29) is 16.0 Å². The summed E-state index contributed by atoms with van der Waals surface area (Å²) in [6, 6.07) is 7.47. The molecular weight excluding hydrogens is 284 g/mol. The van der Waals surface area contributed by atoms with Gasteiger partial charge in [-0.3, -0.25) is 4.55 Å². The molecule has 20 heavy (non-hydrogen) atoms. The third kappa shape index (κ3) is 2.59. The lowest BCUT2D eigenvalue weighted by molar-refractivity contribution is 0.144. The number of hydrogen-bond acceptors (Lipinski definition) is 4. The van der Waals surface area contributed by atoms with E-state index in [9.17, 15) is 17.8 Å². The van der Waals surface area contributed by atoms with Crippen molar-refractivity contribution in [1.29, 1.82) is 0 Å². The number of hydrogen-bond donors (Lipinski definition) is 2. The minimum atomic E-state index is -4.41. The number of ether oxygens (including phenoxy) is 1. The molecule has 0 aliphatic heterocycles. The quantitative estimate of drug-likeness (QED) is 0.513. The number of aryl methyl sites for hydroxylation is 1. The maximum Gasteiger partial charge on any atom is 0.511 e. The molecule has 0 fully saturated rings. The molecule has 2 N–H and O–H groups in total. The molecule has 2 aromatic rings. The first-order valence-electron chi connectivity index (χ1n) is 5.77. The monoisotopic (exact) mass is 296 g/mol. The zero-order valence-electron chi connectivity index (χ0n) is 10.5. The Kier molecular flexibility index (Phi) is 3.65. The highest BCUT2D eigenvalue weighted by molar-refractivity contribution is 7.86. The molecule has 0 saturated carbocycles. The van der Waals surface area contributed by atoms with Crippen molar-refractivity contribution >= 4 is 27.0 Å². The third-order valence-electron chi connectivity index (χ3n) is 2.88. The highest BCUT2D eigenvalue weighted by atomic mass is 32.2. The number of benzene rings is 2. The molecule has 0 aliphatic carbocycles. The number of carboxylic acid groups (broad SMARTS) is 1. The molecule has 0 heterocycles. The van der Waals surface area contributed by atoms with Crippen LogP contribution in [0.3, 0.4) is 0 Å². The molecule has 7 heteroatoms. The minimum Gasteiger partial charge on any atom is -0.449 e. The fourth-order valence-electron chi connectivity index (χ4n) is 2.05. The second-order valence-electron chi connectivity index (χ2n) is 4.11. The molecule has 2 rings (SSSR count). The Hall–Kier alpha value is -2.12. The van der Waals surface area contributed by atoms with Gasteiger partial charge in [0.25, 0.3) is 10.1 Å². The topological polar surface area (TPSA) is 101 Å². The predicted molar refractivity (Wildman–Crippen MR) is 71.8 cm³/mol. The Morgan fingerprint density at radius 2 is 1.85 bits per heavy atom. The summed E-state index contributed by atoms with van der Waals surface area (Å²) in [5.74, 6) is 0.0861. The second kappa shape index (κ2) is 5.10. The summed E-state index contributed by atoms with van der Waals surface area (Å²) in [5.41, 5.74) is 0.388. The van der Waals surface area contributed by atoms with Crippen molar-refractivity contribution in [2.45, 2.75) is 18.2 Å². The van der Waals surface area contributed by atoms with Gasteiger partial charge in [0.15, 0.2) is 0 Å². The van der Waals surface area contributed by atoms with E-state index >= 15 is 0 Å². The lowest BCUT2D eigenvalue weighted by Gasteiger charge is -2.13. The van der Waals surface area contributed by atoms with E-state index in [2.05, 4.69) is 0 Å². The van der Waals surface area contributed by atoms with Crippen LogP contribution in [0.2, 0.25) is 0 Å². The zero-order chi connectivity index (χ0) is 14.9. The standard InChI is InChI=1S/C13H12O6S/c1-2-8-7-11(20(16,17)18)9-5-3-4-6-10(9)12(8)19-13(14)15/h3-7H,2H2,1H3,(H,14,15)(H,16,17,18). The Morgan fingerprint density at radius 1 is 1.25 bits per heavy atom. The van der Waals surface area contributed by atoms with E-state index < -0.39 is 16.3 Å². The average molecular weight is 296 g/mol. The molecule has 0 spiro atoms. The van der Waals surface area contributed by atoms with Crippen LogP contribution in [0.25, 0.3) is 10.8 Å². The summed E-state index contributed by atoms with van der Waals surface area (Å²) in [4.78, 5) is 10.5. The second-order valence-corrected chi connectivity index (χ2v) is 5.50. The van der Waals surface area contributed by atoms with Crippen LogP contribution in [-0.4, -0.2) is 24.2 Å². The summed E-state index contributed by atoms with van der Waals surface area (Å²) in [5, 5.41) is 9.32.